The SMILES string of the molecule is O=[N+]([O-])c1c(CO)cc(I)nc1OC(F)(F)F. The maximum atomic E-state index is 12.0. The van der Waals surface area contributed by atoms with Gasteiger partial charge >= 0.3 is 17.9 Å². The zero-order valence-electron chi connectivity index (χ0n) is 7.86. The highest BCUT2D eigenvalue weighted by atomic mass is 127. The van der Waals surface area contributed by atoms with Gasteiger partial charge in [-0.3, -0.25) is 10.1 Å². The zero-order valence-corrected chi connectivity index (χ0v) is 10.0. The predicted octanol–water partition coefficient (Wildman–Crippen LogP) is 1.99. The fourth-order valence-corrected chi connectivity index (χ4v) is 1.62. The van der Waals surface area contributed by atoms with Crippen LogP contribution in [-0.4, -0.2) is 21.4 Å². The van der Waals surface area contributed by atoms with Crippen LogP contribution in [0.15, 0.2) is 6.07 Å². The molecule has 0 aliphatic heterocycles. The number of alkyl halides is 3. The summed E-state index contributed by atoms with van der Waals surface area (Å²) in [7, 11) is 0. The molecule has 0 radical (unpaired) electrons. The number of hydrogen-bond acceptors (Lipinski definition) is 5. The van der Waals surface area contributed by atoms with Crippen LogP contribution >= 0.6 is 22.6 Å². The van der Waals surface area contributed by atoms with Gasteiger partial charge in [-0.2, -0.15) is 0 Å². The van der Waals surface area contributed by atoms with Crippen LogP contribution < -0.4 is 4.74 Å². The Bertz CT molecular complexity index is 451. The lowest BCUT2D eigenvalue weighted by atomic mass is 10.2. The molecular formula is C7H4F3IN2O4. The Morgan fingerprint density at radius 1 is 1.59 bits per heavy atom. The van der Waals surface area contributed by atoms with E-state index in [9.17, 15) is 23.3 Å². The molecule has 0 atom stereocenters. The average molecular weight is 364 g/mol. The number of pyridine rings is 1. The second-order valence-electron chi connectivity index (χ2n) is 2.72. The molecule has 1 aromatic rings. The molecule has 0 unspecified atom stereocenters. The summed E-state index contributed by atoms with van der Waals surface area (Å²) in [5.41, 5.74) is -1.29. The van der Waals surface area contributed by atoms with Crippen LogP contribution in [0, 0.1) is 13.8 Å². The minimum Gasteiger partial charge on any atom is -0.391 e. The highest BCUT2D eigenvalue weighted by Crippen LogP contribution is 2.33. The zero-order chi connectivity index (χ0) is 13.2. The quantitative estimate of drug-likeness (QED) is 0.384. The van der Waals surface area contributed by atoms with E-state index in [4.69, 9.17) is 5.11 Å². The lowest BCUT2D eigenvalue weighted by Crippen LogP contribution is -2.19. The molecular weight excluding hydrogens is 360 g/mol. The summed E-state index contributed by atoms with van der Waals surface area (Å²) in [5.74, 6) is -1.18. The van der Waals surface area contributed by atoms with Gasteiger partial charge in [-0.25, -0.2) is 4.98 Å². The normalized spacial score (nSPS) is 11.4. The minimum atomic E-state index is -5.09. The number of rotatable bonds is 3. The van der Waals surface area contributed by atoms with Crippen molar-refractivity contribution in [3.05, 3.63) is 25.4 Å². The number of nitrogens with zero attached hydrogens (tertiary/aromatic N) is 2. The molecule has 0 saturated carbocycles. The number of nitro groups is 1. The van der Waals surface area contributed by atoms with Gasteiger partial charge in [0.25, 0.3) is 0 Å². The molecule has 0 spiro atoms. The number of aromatic nitrogens is 1. The molecule has 94 valence electrons. The third kappa shape index (κ3) is 3.66. The van der Waals surface area contributed by atoms with E-state index in [0.717, 1.165) is 6.07 Å². The van der Waals surface area contributed by atoms with Crippen LogP contribution in [0.4, 0.5) is 18.9 Å². The third-order valence-electron chi connectivity index (χ3n) is 1.57. The monoisotopic (exact) mass is 364 g/mol. The molecule has 0 aliphatic carbocycles. The second kappa shape index (κ2) is 5.00. The Morgan fingerprint density at radius 3 is 2.59 bits per heavy atom. The molecule has 0 amide bonds. The van der Waals surface area contributed by atoms with E-state index in [1.165, 1.54) is 0 Å². The van der Waals surface area contributed by atoms with Gasteiger partial charge in [0.05, 0.1) is 17.1 Å². The first-order chi connectivity index (χ1) is 7.74. The third-order valence-corrected chi connectivity index (χ3v) is 2.13. The van der Waals surface area contributed by atoms with Crippen LogP contribution in [0.25, 0.3) is 0 Å². The van der Waals surface area contributed by atoms with E-state index in [-0.39, 0.29) is 9.26 Å². The van der Waals surface area contributed by atoms with Crippen molar-refractivity contribution >= 4 is 28.3 Å². The van der Waals surface area contributed by atoms with Crippen molar-refractivity contribution in [1.82, 2.24) is 4.98 Å². The van der Waals surface area contributed by atoms with Crippen molar-refractivity contribution in [1.29, 1.82) is 0 Å². The fourth-order valence-electron chi connectivity index (χ4n) is 1.03. The number of halogens is 4. The lowest BCUT2D eigenvalue weighted by Gasteiger charge is -2.10. The van der Waals surface area contributed by atoms with Gasteiger partial charge in [-0.05, 0) is 28.7 Å². The lowest BCUT2D eigenvalue weighted by molar-refractivity contribution is -0.390. The van der Waals surface area contributed by atoms with Crippen molar-refractivity contribution in [2.75, 3.05) is 0 Å². The first kappa shape index (κ1) is 13.9. The van der Waals surface area contributed by atoms with Gasteiger partial charge in [-0.15, -0.1) is 13.2 Å². The van der Waals surface area contributed by atoms with Crippen molar-refractivity contribution in [3.63, 3.8) is 0 Å². The molecule has 17 heavy (non-hydrogen) atoms. The number of hydrogen-bond donors (Lipinski definition) is 1. The Balaban J connectivity index is 3.35. The summed E-state index contributed by atoms with van der Waals surface area (Å²) in [6.07, 6.45) is -5.09. The molecule has 0 saturated heterocycles. The summed E-state index contributed by atoms with van der Waals surface area (Å²) in [6.45, 7) is -0.789. The average Bonchev–Trinajstić information content (AvgIpc) is 2.12. The van der Waals surface area contributed by atoms with Crippen molar-refractivity contribution in [2.45, 2.75) is 13.0 Å². The van der Waals surface area contributed by atoms with Crippen molar-refractivity contribution in [2.24, 2.45) is 0 Å². The standard InChI is InChI=1S/C7H4F3IN2O4/c8-7(9,10)17-6-5(13(15)16)3(2-14)1-4(11)12-6/h1,14H,2H2. The molecule has 1 heterocycles. The van der Waals surface area contributed by atoms with E-state index >= 15 is 0 Å². The first-order valence-electron chi connectivity index (χ1n) is 3.95. The number of aliphatic hydroxyl groups is 1. The smallest absolute Gasteiger partial charge is 0.391 e. The van der Waals surface area contributed by atoms with Crippen molar-refractivity contribution in [3.8, 4) is 5.88 Å². The van der Waals surface area contributed by atoms with Crippen molar-refractivity contribution < 1.29 is 27.9 Å². The van der Waals surface area contributed by atoms with Gasteiger partial charge in [0.15, 0.2) is 0 Å². The summed E-state index contributed by atoms with van der Waals surface area (Å²) in [4.78, 5) is 12.8. The summed E-state index contributed by atoms with van der Waals surface area (Å²) in [5, 5.41) is 19.4. The summed E-state index contributed by atoms with van der Waals surface area (Å²) in [6, 6.07) is 1.10. The topological polar surface area (TPSA) is 85.5 Å². The molecule has 0 aliphatic rings. The molecule has 0 bridgehead atoms. The van der Waals surface area contributed by atoms with Crippen LogP contribution in [-0.2, 0) is 6.61 Å². The fraction of sp³-hybridized carbons (Fsp3) is 0.286. The molecule has 1 rings (SSSR count). The Labute approximate surface area is 106 Å². The van der Waals surface area contributed by atoms with Gasteiger partial charge in [0.2, 0.25) is 0 Å². The largest absolute Gasteiger partial charge is 0.574 e. The Morgan fingerprint density at radius 2 is 2.18 bits per heavy atom. The van der Waals surface area contributed by atoms with Gasteiger partial charge in [-0.1, -0.05) is 0 Å². The Hall–Kier alpha value is -1.17. The molecule has 1 aromatic heterocycles. The molecule has 0 fully saturated rings. The van der Waals surface area contributed by atoms with E-state index in [1.54, 1.807) is 22.6 Å². The van der Waals surface area contributed by atoms with E-state index in [1.807, 2.05) is 0 Å². The first-order valence-corrected chi connectivity index (χ1v) is 5.03. The maximum Gasteiger partial charge on any atom is 0.574 e. The molecule has 6 nitrogen and oxygen atoms in total. The molecule has 0 aromatic carbocycles. The second-order valence-corrected chi connectivity index (χ2v) is 3.83. The highest BCUT2D eigenvalue weighted by molar-refractivity contribution is 14.1. The number of ether oxygens (including phenoxy) is 1. The minimum absolute atomic E-state index is 0.0384. The van der Waals surface area contributed by atoms with Gasteiger partial charge in [0.1, 0.15) is 3.70 Å². The summed E-state index contributed by atoms with van der Waals surface area (Å²) < 4.78 is 39.5. The van der Waals surface area contributed by atoms with E-state index in [0.29, 0.717) is 0 Å². The van der Waals surface area contributed by atoms with Crippen LogP contribution in [0.5, 0.6) is 5.88 Å². The van der Waals surface area contributed by atoms with Crippen LogP contribution in [0.1, 0.15) is 5.56 Å². The maximum absolute atomic E-state index is 12.0. The summed E-state index contributed by atoms with van der Waals surface area (Å²) >= 11 is 1.55. The van der Waals surface area contributed by atoms with E-state index in [2.05, 4.69) is 9.72 Å². The molecule has 10 heteroatoms. The van der Waals surface area contributed by atoms with Gasteiger partial charge in [0, 0.05) is 0 Å². The number of aliphatic hydroxyl groups excluding tert-OH is 1. The highest BCUT2D eigenvalue weighted by Gasteiger charge is 2.36. The van der Waals surface area contributed by atoms with Crippen LogP contribution in [0.2, 0.25) is 0 Å². The van der Waals surface area contributed by atoms with Crippen LogP contribution in [0.3, 0.4) is 0 Å². The Kier molecular flexibility index (Phi) is 4.08. The van der Waals surface area contributed by atoms with Gasteiger partial charge < -0.3 is 9.84 Å². The van der Waals surface area contributed by atoms with E-state index < -0.39 is 29.5 Å². The predicted molar refractivity (Wildman–Crippen MR) is 56.2 cm³/mol. The molecule has 1 N–H and O–H groups in total.